The highest BCUT2D eigenvalue weighted by molar-refractivity contribution is 8.03. The monoisotopic (exact) mass is 326 g/mol. The van der Waals surface area contributed by atoms with Crippen molar-refractivity contribution in [1.29, 1.82) is 5.26 Å². The normalized spacial score (nSPS) is 9.74. The first-order chi connectivity index (χ1) is 11.1. The van der Waals surface area contributed by atoms with Crippen LogP contribution in [0.25, 0.3) is 0 Å². The minimum atomic E-state index is -0.543. The molecule has 5 nitrogen and oxygen atoms in total. The topological polar surface area (TPSA) is 79.2 Å². The second-order valence-corrected chi connectivity index (χ2v) is 5.52. The van der Waals surface area contributed by atoms with Gasteiger partial charge in [0.25, 0.3) is 5.91 Å². The molecule has 2 rings (SSSR count). The summed E-state index contributed by atoms with van der Waals surface area (Å²) in [6, 6.07) is 13.7. The summed E-state index contributed by atoms with van der Waals surface area (Å²) in [6.07, 6.45) is 0. The molecule has 0 saturated carbocycles. The number of hydrogen-bond acceptors (Lipinski definition) is 5. The maximum absolute atomic E-state index is 11.9. The second kappa shape index (κ2) is 8.01. The number of carbonyl (C=O) groups excluding carboxylic acids is 2. The third kappa shape index (κ3) is 4.87. The number of nitriles is 1. The van der Waals surface area contributed by atoms with E-state index in [1.54, 1.807) is 48.5 Å². The number of hydrogen-bond donors (Lipinski definition) is 1. The van der Waals surface area contributed by atoms with Crippen LogP contribution in [0.3, 0.4) is 0 Å². The Bertz CT molecular complexity index is 754. The quantitative estimate of drug-likeness (QED) is 0.518. The third-order valence-electron chi connectivity index (χ3n) is 2.98. The average molecular weight is 326 g/mol. The second-order valence-electron chi connectivity index (χ2n) is 4.66. The molecule has 116 valence electrons. The third-order valence-corrected chi connectivity index (χ3v) is 3.56. The number of thioether (sulfide) groups is 1. The number of ether oxygens (including phenoxy) is 1. The van der Waals surface area contributed by atoms with Crippen LogP contribution in [-0.4, -0.2) is 18.5 Å². The van der Waals surface area contributed by atoms with Crippen molar-refractivity contribution in [2.45, 2.75) is 11.8 Å². The summed E-state index contributed by atoms with van der Waals surface area (Å²) in [5.41, 5.74) is 1.84. The highest BCUT2D eigenvalue weighted by Crippen LogP contribution is 2.23. The van der Waals surface area contributed by atoms with Gasteiger partial charge in [0.15, 0.2) is 6.61 Å². The highest BCUT2D eigenvalue weighted by atomic mass is 32.2. The largest absolute Gasteiger partial charge is 0.452 e. The van der Waals surface area contributed by atoms with E-state index in [-0.39, 0.29) is 6.61 Å². The fourth-order valence-corrected chi connectivity index (χ4v) is 2.34. The lowest BCUT2D eigenvalue weighted by Gasteiger charge is -2.09. The van der Waals surface area contributed by atoms with Gasteiger partial charge in [0.2, 0.25) is 0 Å². The molecule has 0 heterocycles. The summed E-state index contributed by atoms with van der Waals surface area (Å²) in [6.45, 7) is 1.47. The Morgan fingerprint density at radius 2 is 1.96 bits per heavy atom. The molecule has 0 bridgehead atoms. The summed E-state index contributed by atoms with van der Waals surface area (Å²) in [5.74, 6) is -0.962. The fourth-order valence-electron chi connectivity index (χ4n) is 1.87. The Morgan fingerprint density at radius 1 is 1.22 bits per heavy atom. The van der Waals surface area contributed by atoms with E-state index in [0.29, 0.717) is 11.3 Å². The first-order valence-corrected chi connectivity index (χ1v) is 7.60. The van der Waals surface area contributed by atoms with Gasteiger partial charge < -0.3 is 10.1 Å². The molecule has 6 heteroatoms. The Kier molecular flexibility index (Phi) is 5.78. The van der Waals surface area contributed by atoms with Crippen LogP contribution in [0.2, 0.25) is 0 Å². The number of benzene rings is 2. The van der Waals surface area contributed by atoms with E-state index in [2.05, 4.69) is 5.32 Å². The van der Waals surface area contributed by atoms with Crippen molar-refractivity contribution in [3.8, 4) is 5.40 Å². The van der Waals surface area contributed by atoms with Crippen LogP contribution in [-0.2, 0) is 9.53 Å². The van der Waals surface area contributed by atoms with Gasteiger partial charge in [-0.25, -0.2) is 4.79 Å². The molecule has 0 saturated heterocycles. The molecule has 0 aromatic heterocycles. The molecule has 0 radical (unpaired) electrons. The van der Waals surface area contributed by atoms with Gasteiger partial charge in [0.05, 0.1) is 5.56 Å². The summed E-state index contributed by atoms with van der Waals surface area (Å²) in [4.78, 5) is 24.4. The van der Waals surface area contributed by atoms with Gasteiger partial charge in [0, 0.05) is 10.6 Å². The first kappa shape index (κ1) is 16.6. The average Bonchev–Trinajstić information content (AvgIpc) is 2.56. The molecule has 1 N–H and O–H groups in total. The molecule has 0 unspecified atom stereocenters. The van der Waals surface area contributed by atoms with Crippen molar-refractivity contribution in [1.82, 2.24) is 0 Å². The summed E-state index contributed by atoms with van der Waals surface area (Å²) in [5, 5.41) is 13.3. The minimum Gasteiger partial charge on any atom is -0.452 e. The SMILES string of the molecule is Cc1cc(SC#N)ccc1NC(=O)COC(=O)c1ccccc1. The summed E-state index contributed by atoms with van der Waals surface area (Å²) < 4.78 is 4.97. The maximum Gasteiger partial charge on any atom is 0.338 e. The van der Waals surface area contributed by atoms with Crippen molar-refractivity contribution >= 4 is 29.3 Å². The smallest absolute Gasteiger partial charge is 0.338 e. The zero-order valence-electron chi connectivity index (χ0n) is 12.4. The molecule has 0 spiro atoms. The van der Waals surface area contributed by atoms with E-state index < -0.39 is 11.9 Å². The van der Waals surface area contributed by atoms with Crippen molar-refractivity contribution in [3.63, 3.8) is 0 Å². The van der Waals surface area contributed by atoms with Crippen LogP contribution < -0.4 is 5.32 Å². The maximum atomic E-state index is 11.9. The van der Waals surface area contributed by atoms with Crippen molar-refractivity contribution in [2.24, 2.45) is 0 Å². The zero-order valence-corrected chi connectivity index (χ0v) is 13.2. The number of rotatable bonds is 5. The molecule has 2 aromatic rings. The van der Waals surface area contributed by atoms with Crippen LogP contribution >= 0.6 is 11.8 Å². The lowest BCUT2D eigenvalue weighted by atomic mass is 10.2. The molecule has 0 fully saturated rings. The van der Waals surface area contributed by atoms with Gasteiger partial charge in [-0.15, -0.1) is 0 Å². The zero-order chi connectivity index (χ0) is 16.7. The Labute approximate surface area is 138 Å². The molecule has 23 heavy (non-hydrogen) atoms. The molecule has 0 aliphatic heterocycles. The molecular weight excluding hydrogens is 312 g/mol. The number of aryl methyl sites for hydroxylation is 1. The van der Waals surface area contributed by atoms with E-state index in [9.17, 15) is 9.59 Å². The molecular formula is C17H14N2O3S. The number of anilines is 1. The number of carbonyl (C=O) groups is 2. The number of nitrogens with zero attached hydrogens (tertiary/aromatic N) is 1. The van der Waals surface area contributed by atoms with Gasteiger partial charge in [0.1, 0.15) is 5.40 Å². The van der Waals surface area contributed by atoms with Crippen molar-refractivity contribution in [3.05, 3.63) is 59.7 Å². The van der Waals surface area contributed by atoms with E-state index in [0.717, 1.165) is 22.2 Å². The standard InChI is InChI=1S/C17H14N2O3S/c1-12-9-14(23-11-18)7-8-15(12)19-16(20)10-22-17(21)13-5-3-2-4-6-13/h2-9H,10H2,1H3,(H,19,20). The molecule has 0 aliphatic carbocycles. The van der Waals surface area contributed by atoms with Crippen LogP contribution in [0.4, 0.5) is 5.69 Å². The van der Waals surface area contributed by atoms with E-state index in [1.165, 1.54) is 0 Å². The summed E-state index contributed by atoms with van der Waals surface area (Å²) >= 11 is 1.05. The highest BCUT2D eigenvalue weighted by Gasteiger charge is 2.11. The van der Waals surface area contributed by atoms with Crippen LogP contribution in [0.15, 0.2) is 53.4 Å². The van der Waals surface area contributed by atoms with E-state index in [1.807, 2.05) is 12.3 Å². The van der Waals surface area contributed by atoms with Gasteiger partial charge in [-0.05, 0) is 54.6 Å². The van der Waals surface area contributed by atoms with Crippen molar-refractivity contribution in [2.75, 3.05) is 11.9 Å². The van der Waals surface area contributed by atoms with Gasteiger partial charge >= 0.3 is 5.97 Å². The summed E-state index contributed by atoms with van der Waals surface area (Å²) in [7, 11) is 0. The molecule has 2 aromatic carbocycles. The number of thiocyanates is 1. The Hall–Kier alpha value is -2.78. The lowest BCUT2D eigenvalue weighted by Crippen LogP contribution is -2.21. The van der Waals surface area contributed by atoms with Gasteiger partial charge in [-0.3, -0.25) is 4.79 Å². The molecule has 0 atom stereocenters. The molecule has 0 aliphatic rings. The predicted molar refractivity (Wildman–Crippen MR) is 88.0 cm³/mol. The number of nitrogens with one attached hydrogen (secondary N) is 1. The van der Waals surface area contributed by atoms with Gasteiger partial charge in [-0.1, -0.05) is 18.2 Å². The van der Waals surface area contributed by atoms with Crippen LogP contribution in [0.1, 0.15) is 15.9 Å². The Morgan fingerprint density at radius 3 is 2.61 bits per heavy atom. The van der Waals surface area contributed by atoms with E-state index in [4.69, 9.17) is 10.00 Å². The van der Waals surface area contributed by atoms with Crippen LogP contribution in [0, 0.1) is 17.6 Å². The van der Waals surface area contributed by atoms with E-state index >= 15 is 0 Å². The number of amides is 1. The Balaban J connectivity index is 1.90. The minimum absolute atomic E-state index is 0.359. The fraction of sp³-hybridized carbons (Fsp3) is 0.118. The van der Waals surface area contributed by atoms with Crippen molar-refractivity contribution < 1.29 is 14.3 Å². The van der Waals surface area contributed by atoms with Crippen LogP contribution in [0.5, 0.6) is 0 Å². The number of esters is 1. The van der Waals surface area contributed by atoms with Gasteiger partial charge in [-0.2, -0.15) is 5.26 Å². The predicted octanol–water partition coefficient (Wildman–Crippen LogP) is 3.36. The first-order valence-electron chi connectivity index (χ1n) is 6.79. The lowest BCUT2D eigenvalue weighted by molar-refractivity contribution is -0.119. The molecule has 1 amide bonds.